The van der Waals surface area contributed by atoms with Gasteiger partial charge in [-0.2, -0.15) is 0 Å². The first-order valence-electron chi connectivity index (χ1n) is 8.12. The van der Waals surface area contributed by atoms with Crippen molar-refractivity contribution in [2.75, 3.05) is 0 Å². The van der Waals surface area contributed by atoms with Gasteiger partial charge in [-0.1, -0.05) is 19.1 Å². The van der Waals surface area contributed by atoms with Crippen molar-refractivity contribution in [2.45, 2.75) is 58.7 Å². The van der Waals surface area contributed by atoms with E-state index in [9.17, 15) is 14.4 Å². The van der Waals surface area contributed by atoms with Crippen LogP contribution in [0.3, 0.4) is 0 Å². The van der Waals surface area contributed by atoms with E-state index in [1.807, 2.05) is 6.92 Å². The van der Waals surface area contributed by atoms with Gasteiger partial charge >= 0.3 is 6.09 Å². The minimum atomic E-state index is -0.610. The summed E-state index contributed by atoms with van der Waals surface area (Å²) in [4.78, 5) is 38.4. The maximum absolute atomic E-state index is 12.6. The van der Waals surface area contributed by atoms with Gasteiger partial charge < -0.3 is 10.1 Å². The van der Waals surface area contributed by atoms with Crippen molar-refractivity contribution in [1.82, 2.24) is 10.2 Å². The summed E-state index contributed by atoms with van der Waals surface area (Å²) in [5.74, 6) is -0.638. The maximum Gasteiger partial charge on any atom is 0.407 e. The van der Waals surface area contributed by atoms with Crippen LogP contribution < -0.4 is 5.32 Å². The first-order valence-corrected chi connectivity index (χ1v) is 8.12. The van der Waals surface area contributed by atoms with Crippen LogP contribution in [-0.4, -0.2) is 40.5 Å². The fourth-order valence-corrected chi connectivity index (χ4v) is 2.86. The first kappa shape index (κ1) is 18.0. The molecule has 2 atom stereocenters. The second-order valence-electron chi connectivity index (χ2n) is 6.94. The molecule has 130 valence electrons. The van der Waals surface area contributed by atoms with Gasteiger partial charge in [-0.15, -0.1) is 0 Å². The Hall–Kier alpha value is -2.37. The summed E-state index contributed by atoms with van der Waals surface area (Å²) in [7, 11) is 0. The number of carbonyl (C=O) groups is 3. The molecule has 1 aliphatic heterocycles. The molecule has 0 unspecified atom stereocenters. The van der Waals surface area contributed by atoms with Crippen LogP contribution in [0.2, 0.25) is 0 Å². The fraction of sp³-hybridized carbons (Fsp3) is 0.500. The molecule has 1 heterocycles. The highest BCUT2D eigenvalue weighted by atomic mass is 16.6. The highest BCUT2D eigenvalue weighted by Crippen LogP contribution is 2.26. The molecule has 0 fully saturated rings. The Labute approximate surface area is 142 Å². The molecule has 6 heteroatoms. The normalized spacial score (nSPS) is 16.6. The number of benzene rings is 1. The molecule has 1 aromatic carbocycles. The number of rotatable bonds is 4. The molecule has 0 spiro atoms. The molecule has 1 aliphatic rings. The van der Waals surface area contributed by atoms with E-state index in [1.54, 1.807) is 52.0 Å². The molecule has 24 heavy (non-hydrogen) atoms. The quantitative estimate of drug-likeness (QED) is 0.860. The van der Waals surface area contributed by atoms with Crippen LogP contribution in [0.4, 0.5) is 4.79 Å². The number of amides is 3. The third-order valence-corrected chi connectivity index (χ3v) is 3.90. The second-order valence-corrected chi connectivity index (χ2v) is 6.94. The van der Waals surface area contributed by atoms with Gasteiger partial charge in [-0.05, 0) is 46.2 Å². The number of hydrogen-bond acceptors (Lipinski definition) is 4. The van der Waals surface area contributed by atoms with Gasteiger partial charge in [-0.25, -0.2) is 4.79 Å². The fourth-order valence-electron chi connectivity index (χ4n) is 2.86. The van der Waals surface area contributed by atoms with Crippen LogP contribution in [-0.2, 0) is 4.74 Å². The molecular formula is C18H24N2O4. The van der Waals surface area contributed by atoms with E-state index in [4.69, 9.17) is 4.74 Å². The smallest absolute Gasteiger partial charge is 0.407 e. The summed E-state index contributed by atoms with van der Waals surface area (Å²) >= 11 is 0. The molecule has 0 radical (unpaired) electrons. The predicted octanol–water partition coefficient (Wildman–Crippen LogP) is 2.97. The van der Waals surface area contributed by atoms with E-state index in [2.05, 4.69) is 5.32 Å². The molecule has 6 nitrogen and oxygen atoms in total. The van der Waals surface area contributed by atoms with Crippen molar-refractivity contribution in [3.8, 4) is 0 Å². The molecule has 0 saturated heterocycles. The van der Waals surface area contributed by atoms with Crippen molar-refractivity contribution >= 4 is 17.9 Å². The zero-order valence-electron chi connectivity index (χ0n) is 14.8. The van der Waals surface area contributed by atoms with Gasteiger partial charge in [0.05, 0.1) is 23.2 Å². The Morgan fingerprint density at radius 1 is 1.17 bits per heavy atom. The van der Waals surface area contributed by atoms with Gasteiger partial charge in [0.15, 0.2) is 0 Å². The monoisotopic (exact) mass is 332 g/mol. The second kappa shape index (κ2) is 6.63. The van der Waals surface area contributed by atoms with Gasteiger partial charge in [0.2, 0.25) is 0 Å². The molecule has 2 rings (SSSR count). The topological polar surface area (TPSA) is 75.7 Å². The molecule has 0 saturated carbocycles. The Kier molecular flexibility index (Phi) is 4.96. The van der Waals surface area contributed by atoms with Crippen molar-refractivity contribution < 1.29 is 19.1 Å². The SMILES string of the molecule is CC[C@@H]([C@H](C)NC(=O)OC(C)(C)C)N1C(=O)c2ccccc2C1=O. The van der Waals surface area contributed by atoms with E-state index in [-0.39, 0.29) is 11.8 Å². The lowest BCUT2D eigenvalue weighted by atomic mass is 10.1. The van der Waals surface area contributed by atoms with Crippen LogP contribution in [0.1, 0.15) is 61.8 Å². The molecular weight excluding hydrogens is 308 g/mol. The van der Waals surface area contributed by atoms with Crippen LogP contribution in [0.25, 0.3) is 0 Å². The number of fused-ring (bicyclic) bond motifs is 1. The average Bonchev–Trinajstić information content (AvgIpc) is 2.72. The summed E-state index contributed by atoms with van der Waals surface area (Å²) in [5, 5.41) is 2.72. The number of carbonyl (C=O) groups excluding carboxylic acids is 3. The van der Waals surface area contributed by atoms with E-state index in [0.29, 0.717) is 17.5 Å². The minimum absolute atomic E-state index is 0.319. The first-order chi connectivity index (χ1) is 11.2. The van der Waals surface area contributed by atoms with E-state index in [0.717, 1.165) is 0 Å². The van der Waals surface area contributed by atoms with E-state index < -0.39 is 23.8 Å². The number of alkyl carbamates (subject to hydrolysis) is 1. The summed E-state index contributed by atoms with van der Waals surface area (Å²) < 4.78 is 5.24. The third kappa shape index (κ3) is 3.58. The highest BCUT2D eigenvalue weighted by Gasteiger charge is 2.41. The third-order valence-electron chi connectivity index (χ3n) is 3.90. The zero-order chi connectivity index (χ0) is 18.1. The summed E-state index contributed by atoms with van der Waals surface area (Å²) in [6.07, 6.45) is -0.0346. The van der Waals surface area contributed by atoms with E-state index >= 15 is 0 Å². The van der Waals surface area contributed by atoms with Crippen LogP contribution >= 0.6 is 0 Å². The predicted molar refractivity (Wildman–Crippen MR) is 89.9 cm³/mol. The van der Waals surface area contributed by atoms with Gasteiger partial charge in [0.25, 0.3) is 11.8 Å². The lowest BCUT2D eigenvalue weighted by Crippen LogP contribution is -2.52. The molecule has 0 aliphatic carbocycles. The van der Waals surface area contributed by atoms with Gasteiger partial charge in [0.1, 0.15) is 5.60 Å². The molecule has 3 amide bonds. The minimum Gasteiger partial charge on any atom is -0.444 e. The number of ether oxygens (including phenoxy) is 1. The maximum atomic E-state index is 12.6. The Bertz CT molecular complexity index is 628. The summed E-state index contributed by atoms with van der Waals surface area (Å²) in [6, 6.07) is 5.90. The van der Waals surface area contributed by atoms with Crippen molar-refractivity contribution in [2.24, 2.45) is 0 Å². The van der Waals surface area contributed by atoms with Crippen LogP contribution in [0.5, 0.6) is 0 Å². The number of nitrogens with zero attached hydrogens (tertiary/aromatic N) is 1. The Morgan fingerprint density at radius 2 is 1.67 bits per heavy atom. The number of nitrogens with one attached hydrogen (secondary N) is 1. The van der Waals surface area contributed by atoms with E-state index in [1.165, 1.54) is 4.90 Å². The van der Waals surface area contributed by atoms with Crippen LogP contribution in [0, 0.1) is 0 Å². The molecule has 0 bridgehead atoms. The zero-order valence-corrected chi connectivity index (χ0v) is 14.8. The highest BCUT2D eigenvalue weighted by molar-refractivity contribution is 6.21. The number of hydrogen-bond donors (Lipinski definition) is 1. The Morgan fingerprint density at radius 3 is 2.08 bits per heavy atom. The average molecular weight is 332 g/mol. The molecule has 0 aromatic heterocycles. The van der Waals surface area contributed by atoms with Crippen molar-refractivity contribution in [1.29, 1.82) is 0 Å². The Balaban J connectivity index is 2.16. The molecule has 1 aromatic rings. The molecule has 1 N–H and O–H groups in total. The summed E-state index contributed by atoms with van der Waals surface area (Å²) in [5.41, 5.74) is 0.206. The van der Waals surface area contributed by atoms with Crippen molar-refractivity contribution in [3.05, 3.63) is 35.4 Å². The largest absolute Gasteiger partial charge is 0.444 e. The number of imide groups is 1. The van der Waals surface area contributed by atoms with Crippen molar-refractivity contribution in [3.63, 3.8) is 0 Å². The van der Waals surface area contributed by atoms with Gasteiger partial charge in [-0.3, -0.25) is 14.5 Å². The standard InChI is InChI=1S/C18H24N2O4/c1-6-14(11(2)19-17(23)24-18(3,4)5)20-15(21)12-9-7-8-10-13(12)16(20)22/h7-11,14H,6H2,1-5H3,(H,19,23)/t11-,14-/m0/s1. The van der Waals surface area contributed by atoms with Gasteiger partial charge in [0, 0.05) is 0 Å². The summed E-state index contributed by atoms with van der Waals surface area (Å²) in [6.45, 7) is 8.97. The van der Waals surface area contributed by atoms with Crippen LogP contribution in [0.15, 0.2) is 24.3 Å². The lowest BCUT2D eigenvalue weighted by Gasteiger charge is -2.31. The lowest BCUT2D eigenvalue weighted by molar-refractivity contribution is 0.0417.